The topological polar surface area (TPSA) is 42.2 Å². The van der Waals surface area contributed by atoms with Crippen LogP contribution in [-0.2, 0) is 10.8 Å². The smallest absolute Gasteiger partial charge is 0.145 e. The third-order valence-electron chi connectivity index (χ3n) is 9.75. The van der Waals surface area contributed by atoms with E-state index in [0.29, 0.717) is 17.1 Å². The second kappa shape index (κ2) is 11.6. The minimum atomic E-state index is -0.520. The predicted octanol–water partition coefficient (Wildman–Crippen LogP) is 11.0. The lowest BCUT2D eigenvalue weighted by Gasteiger charge is -2.34. The van der Waals surface area contributed by atoms with Crippen molar-refractivity contribution in [2.24, 2.45) is 0 Å². The summed E-state index contributed by atoms with van der Waals surface area (Å²) >= 11 is 0. The van der Waals surface area contributed by atoms with E-state index in [2.05, 4.69) is 133 Å². The number of hydrogen-bond donors (Lipinski definition) is 0. The van der Waals surface area contributed by atoms with Gasteiger partial charge in [0.25, 0.3) is 0 Å². The standard InChI is InChI=1S/C42H41NO2/c1-7-40(3,4)36-18-13-19-39(35(36)28-43)44-31-24-20-29(21-25-31)42(30-22-26-32(27-23-30)45-41(5,6)8-2)37-16-11-9-14-33(37)34-15-10-12-17-38(34)42/h9-27H,7-8H2,1-6H3. The zero-order valence-electron chi connectivity index (χ0n) is 27.1. The van der Waals surface area contributed by atoms with Crippen LogP contribution in [0.15, 0.2) is 115 Å². The van der Waals surface area contributed by atoms with E-state index < -0.39 is 5.41 Å². The molecule has 1 aliphatic carbocycles. The minimum Gasteiger partial charge on any atom is -0.488 e. The summed E-state index contributed by atoms with van der Waals surface area (Å²) in [4.78, 5) is 0. The molecule has 0 N–H and O–H groups in total. The highest BCUT2D eigenvalue weighted by molar-refractivity contribution is 5.86. The Balaban J connectivity index is 1.47. The molecule has 0 saturated carbocycles. The molecule has 0 bridgehead atoms. The molecule has 5 aromatic carbocycles. The van der Waals surface area contributed by atoms with E-state index in [4.69, 9.17) is 9.47 Å². The number of hydrogen-bond acceptors (Lipinski definition) is 3. The first-order valence-corrected chi connectivity index (χ1v) is 16.0. The molecular weight excluding hydrogens is 550 g/mol. The van der Waals surface area contributed by atoms with Crippen molar-refractivity contribution in [3.63, 3.8) is 0 Å². The van der Waals surface area contributed by atoms with Crippen LogP contribution in [0.25, 0.3) is 11.1 Å². The van der Waals surface area contributed by atoms with E-state index >= 15 is 0 Å². The maximum Gasteiger partial charge on any atom is 0.145 e. The minimum absolute atomic E-state index is 0.128. The number of nitriles is 1. The lowest BCUT2D eigenvalue weighted by molar-refractivity contribution is 0.105. The van der Waals surface area contributed by atoms with Gasteiger partial charge in [0.05, 0.1) is 11.0 Å². The molecule has 3 nitrogen and oxygen atoms in total. The first kappa shape index (κ1) is 30.2. The average Bonchev–Trinajstić information content (AvgIpc) is 3.36. The van der Waals surface area contributed by atoms with Crippen molar-refractivity contribution in [3.05, 3.63) is 149 Å². The molecule has 1 aliphatic rings. The zero-order chi connectivity index (χ0) is 31.8. The Kier molecular flexibility index (Phi) is 7.79. The van der Waals surface area contributed by atoms with E-state index in [9.17, 15) is 5.26 Å². The molecule has 0 radical (unpaired) electrons. The lowest BCUT2D eigenvalue weighted by Crippen LogP contribution is -2.29. The Morgan fingerprint density at radius 2 is 1.16 bits per heavy atom. The number of fused-ring (bicyclic) bond motifs is 3. The molecule has 5 aromatic rings. The summed E-state index contributed by atoms with van der Waals surface area (Å²) in [7, 11) is 0. The fourth-order valence-corrected chi connectivity index (χ4v) is 6.57. The van der Waals surface area contributed by atoms with Crippen molar-refractivity contribution in [1.82, 2.24) is 0 Å². The number of nitrogens with zero attached hydrogens (tertiary/aromatic N) is 1. The summed E-state index contributed by atoms with van der Waals surface area (Å²) in [6, 6.07) is 42.8. The van der Waals surface area contributed by atoms with Crippen LogP contribution in [0, 0.1) is 11.3 Å². The molecular formula is C42H41NO2. The summed E-state index contributed by atoms with van der Waals surface area (Å²) in [5, 5.41) is 10.1. The van der Waals surface area contributed by atoms with Gasteiger partial charge in [0.1, 0.15) is 28.9 Å². The maximum atomic E-state index is 10.1. The second-order valence-electron chi connectivity index (χ2n) is 13.2. The number of rotatable bonds is 9. The Morgan fingerprint density at radius 1 is 0.622 bits per heavy atom. The summed E-state index contributed by atoms with van der Waals surface area (Å²) in [5.74, 6) is 2.15. The molecule has 0 atom stereocenters. The van der Waals surface area contributed by atoms with Gasteiger partial charge in [0.15, 0.2) is 0 Å². The van der Waals surface area contributed by atoms with Crippen LogP contribution in [-0.4, -0.2) is 5.60 Å². The summed E-state index contributed by atoms with van der Waals surface area (Å²) in [6.07, 6.45) is 1.85. The average molecular weight is 592 g/mol. The van der Waals surface area contributed by atoms with E-state index in [1.165, 1.54) is 27.8 Å². The first-order valence-electron chi connectivity index (χ1n) is 16.0. The van der Waals surface area contributed by atoms with Gasteiger partial charge in [-0.25, -0.2) is 0 Å². The third kappa shape index (κ3) is 5.19. The summed E-state index contributed by atoms with van der Waals surface area (Å²) in [5.41, 5.74) is 8.04. The van der Waals surface area contributed by atoms with Gasteiger partial charge in [-0.1, -0.05) is 113 Å². The largest absolute Gasteiger partial charge is 0.488 e. The molecule has 0 aliphatic heterocycles. The van der Waals surface area contributed by atoms with E-state index in [1.54, 1.807) is 0 Å². The molecule has 0 unspecified atom stereocenters. The van der Waals surface area contributed by atoms with E-state index in [0.717, 1.165) is 29.7 Å². The van der Waals surface area contributed by atoms with Crippen molar-refractivity contribution < 1.29 is 9.47 Å². The quantitative estimate of drug-likeness (QED) is 0.168. The van der Waals surface area contributed by atoms with Crippen molar-refractivity contribution >= 4 is 0 Å². The third-order valence-corrected chi connectivity index (χ3v) is 9.75. The van der Waals surface area contributed by atoms with Crippen molar-refractivity contribution in [2.45, 2.75) is 70.8 Å². The number of ether oxygens (including phenoxy) is 2. The van der Waals surface area contributed by atoms with Crippen molar-refractivity contribution in [2.75, 3.05) is 0 Å². The molecule has 226 valence electrons. The molecule has 0 amide bonds. The highest BCUT2D eigenvalue weighted by atomic mass is 16.5. The van der Waals surface area contributed by atoms with Gasteiger partial charge in [-0.15, -0.1) is 0 Å². The normalized spacial score (nSPS) is 13.4. The summed E-state index contributed by atoms with van der Waals surface area (Å²) < 4.78 is 12.7. The molecule has 0 saturated heterocycles. The van der Waals surface area contributed by atoms with Gasteiger partial charge in [-0.2, -0.15) is 5.26 Å². The van der Waals surface area contributed by atoms with E-state index in [1.807, 2.05) is 30.3 Å². The van der Waals surface area contributed by atoms with E-state index in [-0.39, 0.29) is 11.0 Å². The lowest BCUT2D eigenvalue weighted by atomic mass is 9.68. The van der Waals surface area contributed by atoms with Crippen LogP contribution in [0.4, 0.5) is 0 Å². The number of benzene rings is 5. The highest BCUT2D eigenvalue weighted by Gasteiger charge is 2.46. The van der Waals surface area contributed by atoms with Crippen molar-refractivity contribution in [3.8, 4) is 34.4 Å². The van der Waals surface area contributed by atoms with Gasteiger partial charge >= 0.3 is 0 Å². The fourth-order valence-electron chi connectivity index (χ4n) is 6.57. The van der Waals surface area contributed by atoms with Crippen LogP contribution in [0.3, 0.4) is 0 Å². The fraction of sp³-hybridized carbons (Fsp3) is 0.262. The van der Waals surface area contributed by atoms with Crippen LogP contribution in [0.1, 0.15) is 87.8 Å². The van der Waals surface area contributed by atoms with Gasteiger partial charge in [0, 0.05) is 0 Å². The molecule has 0 spiro atoms. The molecule has 6 rings (SSSR count). The Morgan fingerprint density at radius 3 is 1.67 bits per heavy atom. The maximum absolute atomic E-state index is 10.1. The van der Waals surface area contributed by atoms with Gasteiger partial charge in [0.2, 0.25) is 0 Å². The molecule has 3 heteroatoms. The Bertz CT molecular complexity index is 1830. The second-order valence-corrected chi connectivity index (χ2v) is 13.2. The van der Waals surface area contributed by atoms with Crippen LogP contribution < -0.4 is 9.47 Å². The van der Waals surface area contributed by atoms with Crippen LogP contribution in [0.5, 0.6) is 17.2 Å². The Labute approximate surface area is 268 Å². The molecule has 0 fully saturated rings. The SMILES string of the molecule is CCC(C)(C)Oc1ccc(C2(c3ccc(Oc4cccc(C(C)(C)CC)c4C#N)cc3)c3ccccc3-c3ccccc32)cc1. The van der Waals surface area contributed by atoms with Gasteiger partial charge in [-0.3, -0.25) is 0 Å². The zero-order valence-corrected chi connectivity index (χ0v) is 27.1. The monoisotopic (exact) mass is 591 g/mol. The molecule has 0 aromatic heterocycles. The van der Waals surface area contributed by atoms with Crippen molar-refractivity contribution in [1.29, 1.82) is 5.26 Å². The first-order chi connectivity index (χ1) is 21.6. The predicted molar refractivity (Wildman–Crippen MR) is 183 cm³/mol. The summed E-state index contributed by atoms with van der Waals surface area (Å²) in [6.45, 7) is 12.9. The Hall–Kier alpha value is -4.81. The molecule has 45 heavy (non-hydrogen) atoms. The van der Waals surface area contributed by atoms with Gasteiger partial charge in [-0.05, 0) is 101 Å². The molecule has 0 heterocycles. The van der Waals surface area contributed by atoms with Gasteiger partial charge < -0.3 is 9.47 Å². The van der Waals surface area contributed by atoms with Crippen LogP contribution >= 0.6 is 0 Å². The van der Waals surface area contributed by atoms with Crippen LogP contribution in [0.2, 0.25) is 0 Å². The highest BCUT2D eigenvalue weighted by Crippen LogP contribution is 2.56.